The molecule has 0 heterocycles. The van der Waals surface area contributed by atoms with Crippen LogP contribution in [-0.4, -0.2) is 29.1 Å². The van der Waals surface area contributed by atoms with Gasteiger partial charge >= 0.3 is 11.9 Å². The Labute approximate surface area is 104 Å². The van der Waals surface area contributed by atoms with E-state index in [4.69, 9.17) is 5.11 Å². The van der Waals surface area contributed by atoms with Crippen molar-refractivity contribution in [1.82, 2.24) is 0 Å². The Bertz CT molecular complexity index is 126. The molecule has 0 bridgehead atoms. The molecular formula is C7H18O5Y. The molecule has 0 aromatic carbocycles. The largest absolute Gasteiger partial charge is 0.481 e. The smallest absolute Gasteiger partial charge is 0.317 e. The molecule has 0 spiro atoms. The van der Waals surface area contributed by atoms with Gasteiger partial charge in [0.25, 0.3) is 0 Å². The summed E-state index contributed by atoms with van der Waals surface area (Å²) in [6.45, 7) is 1.85. The maximum Gasteiger partial charge on any atom is 0.317 e. The fourth-order valence-electron chi connectivity index (χ4n) is 0.335. The molecule has 0 rings (SSSR count). The summed E-state index contributed by atoms with van der Waals surface area (Å²) in [5, 5.41) is 8.01. The van der Waals surface area contributed by atoms with Crippen molar-refractivity contribution in [1.29, 1.82) is 0 Å². The van der Waals surface area contributed by atoms with E-state index >= 15 is 0 Å². The van der Waals surface area contributed by atoms with E-state index in [-0.39, 0.29) is 59.6 Å². The minimum Gasteiger partial charge on any atom is -0.481 e. The van der Waals surface area contributed by atoms with Gasteiger partial charge in [0.2, 0.25) is 0 Å². The van der Waals surface area contributed by atoms with Gasteiger partial charge in [-0.15, -0.1) is 0 Å². The van der Waals surface area contributed by atoms with Gasteiger partial charge < -0.3 is 15.3 Å². The quantitative estimate of drug-likeness (QED) is 0.596. The molecular weight excluding hydrogens is 253 g/mol. The molecule has 0 fully saturated rings. The number of esters is 1. The summed E-state index contributed by atoms with van der Waals surface area (Å²) in [5.41, 5.74) is 0. The second kappa shape index (κ2) is 17.9. The molecule has 3 N–H and O–H groups in total. The number of aliphatic carboxylic acids is 1. The van der Waals surface area contributed by atoms with E-state index in [9.17, 15) is 9.59 Å². The first kappa shape index (κ1) is 29.2. The molecule has 13 heavy (non-hydrogen) atoms. The summed E-state index contributed by atoms with van der Waals surface area (Å²) in [6, 6.07) is 0. The SMILES string of the molecule is C.C.CCOC(=O)CC(=O)O.O.[Y]. The van der Waals surface area contributed by atoms with Gasteiger partial charge in [-0.3, -0.25) is 9.59 Å². The number of hydrogen-bond donors (Lipinski definition) is 1. The van der Waals surface area contributed by atoms with E-state index in [0.717, 1.165) is 0 Å². The van der Waals surface area contributed by atoms with Crippen LogP contribution in [0.1, 0.15) is 28.2 Å². The number of carbonyl (C=O) groups excluding carboxylic acids is 1. The van der Waals surface area contributed by atoms with Crippen molar-refractivity contribution in [3.8, 4) is 0 Å². The number of carbonyl (C=O) groups is 2. The molecule has 79 valence electrons. The van der Waals surface area contributed by atoms with Gasteiger partial charge in [0.1, 0.15) is 6.42 Å². The van der Waals surface area contributed by atoms with Crippen molar-refractivity contribution in [3.63, 3.8) is 0 Å². The number of hydrogen-bond acceptors (Lipinski definition) is 3. The molecule has 0 aliphatic heterocycles. The van der Waals surface area contributed by atoms with Crippen LogP contribution >= 0.6 is 0 Å². The molecule has 0 atom stereocenters. The Kier molecular flexibility index (Phi) is 40.3. The predicted molar refractivity (Wildman–Crippen MR) is 46.0 cm³/mol. The van der Waals surface area contributed by atoms with Crippen LogP contribution in [0.3, 0.4) is 0 Å². The molecule has 0 amide bonds. The summed E-state index contributed by atoms with van der Waals surface area (Å²) in [6.07, 6.45) is -0.548. The fourth-order valence-corrected chi connectivity index (χ4v) is 0.335. The van der Waals surface area contributed by atoms with Gasteiger partial charge in [0.15, 0.2) is 0 Å². The van der Waals surface area contributed by atoms with Crippen LogP contribution in [0.2, 0.25) is 0 Å². The Hall–Kier alpha value is 0.00390. The molecule has 0 aliphatic rings. The zero-order chi connectivity index (χ0) is 7.28. The maximum atomic E-state index is 10.3. The Morgan fingerprint density at radius 2 is 1.69 bits per heavy atom. The zero-order valence-electron chi connectivity index (χ0n) is 6.16. The van der Waals surface area contributed by atoms with Crippen LogP contribution in [0.25, 0.3) is 0 Å². The first-order valence-corrected chi connectivity index (χ1v) is 2.54. The number of ether oxygens (including phenoxy) is 1. The van der Waals surface area contributed by atoms with Crippen LogP contribution in [0.15, 0.2) is 0 Å². The van der Waals surface area contributed by atoms with Gasteiger partial charge in [-0.05, 0) is 6.92 Å². The van der Waals surface area contributed by atoms with E-state index in [0.29, 0.717) is 0 Å². The molecule has 6 heteroatoms. The number of carboxylic acids is 1. The maximum absolute atomic E-state index is 10.3. The van der Waals surface area contributed by atoms with E-state index in [1.54, 1.807) is 6.92 Å². The number of carboxylic acid groups (broad SMARTS) is 1. The van der Waals surface area contributed by atoms with Crippen molar-refractivity contribution in [2.75, 3.05) is 6.61 Å². The third-order valence-corrected chi connectivity index (χ3v) is 0.601. The van der Waals surface area contributed by atoms with Crippen LogP contribution in [0.5, 0.6) is 0 Å². The summed E-state index contributed by atoms with van der Waals surface area (Å²) in [4.78, 5) is 20.0. The van der Waals surface area contributed by atoms with Gasteiger partial charge in [0, 0.05) is 32.7 Å². The zero-order valence-corrected chi connectivity index (χ0v) is 9.00. The van der Waals surface area contributed by atoms with Crippen LogP contribution in [0.4, 0.5) is 0 Å². The summed E-state index contributed by atoms with van der Waals surface area (Å²) in [7, 11) is 0. The summed E-state index contributed by atoms with van der Waals surface area (Å²) >= 11 is 0. The van der Waals surface area contributed by atoms with E-state index in [1.165, 1.54) is 0 Å². The van der Waals surface area contributed by atoms with E-state index < -0.39 is 18.4 Å². The van der Waals surface area contributed by atoms with Crippen molar-refractivity contribution < 1.29 is 57.6 Å². The molecule has 1 radical (unpaired) electrons. The van der Waals surface area contributed by atoms with Gasteiger partial charge in [-0.1, -0.05) is 14.9 Å². The van der Waals surface area contributed by atoms with Crippen molar-refractivity contribution >= 4 is 11.9 Å². The Morgan fingerprint density at radius 1 is 1.31 bits per heavy atom. The molecule has 0 saturated heterocycles. The van der Waals surface area contributed by atoms with E-state index in [2.05, 4.69) is 4.74 Å². The van der Waals surface area contributed by atoms with Gasteiger partial charge in [-0.2, -0.15) is 0 Å². The first-order chi connectivity index (χ1) is 4.16. The van der Waals surface area contributed by atoms with Gasteiger partial charge in [0.05, 0.1) is 6.61 Å². The molecule has 0 unspecified atom stereocenters. The summed E-state index contributed by atoms with van der Waals surface area (Å²) in [5.74, 6) is -1.85. The van der Waals surface area contributed by atoms with Crippen molar-refractivity contribution in [3.05, 3.63) is 0 Å². The molecule has 0 aliphatic carbocycles. The molecule has 0 aromatic heterocycles. The summed E-state index contributed by atoms with van der Waals surface area (Å²) < 4.78 is 4.33. The van der Waals surface area contributed by atoms with Crippen LogP contribution < -0.4 is 0 Å². The molecule has 5 nitrogen and oxygen atoms in total. The normalized spacial score (nSPS) is 5.92. The minimum absolute atomic E-state index is 0. The first-order valence-electron chi connectivity index (χ1n) is 2.54. The third-order valence-electron chi connectivity index (χ3n) is 0.601. The monoisotopic (exact) mass is 271 g/mol. The second-order valence-corrected chi connectivity index (χ2v) is 1.38. The standard InChI is InChI=1S/C5H8O4.2CH4.H2O.Y/c1-2-9-5(8)3-4(6)7;;;;/h2-3H2,1H3,(H,6,7);2*1H4;1H2;. The second-order valence-electron chi connectivity index (χ2n) is 1.38. The van der Waals surface area contributed by atoms with Crippen molar-refractivity contribution in [2.24, 2.45) is 0 Å². The van der Waals surface area contributed by atoms with Crippen LogP contribution in [0, 0.1) is 0 Å². The Balaban J connectivity index is -0.0000000533. The average Bonchev–Trinajstić information content (AvgIpc) is 1.63. The molecule has 0 aromatic rings. The topological polar surface area (TPSA) is 95.1 Å². The molecule has 0 saturated carbocycles. The predicted octanol–water partition coefficient (Wildman–Crippen LogP) is 0.469. The third kappa shape index (κ3) is 24.5. The van der Waals surface area contributed by atoms with Gasteiger partial charge in [-0.25, -0.2) is 0 Å². The van der Waals surface area contributed by atoms with Crippen LogP contribution in [-0.2, 0) is 47.0 Å². The minimum atomic E-state index is -1.16. The average molecular weight is 271 g/mol. The fraction of sp³-hybridized carbons (Fsp3) is 0.714. The van der Waals surface area contributed by atoms with Crippen molar-refractivity contribution in [2.45, 2.75) is 28.2 Å². The number of rotatable bonds is 3. The Morgan fingerprint density at radius 3 is 1.92 bits per heavy atom. The van der Waals surface area contributed by atoms with E-state index in [1.807, 2.05) is 0 Å².